The molecule has 2 aromatic carbocycles. The van der Waals surface area contributed by atoms with Gasteiger partial charge in [0, 0.05) is 37.8 Å². The molecule has 0 unspecified atom stereocenters. The van der Waals surface area contributed by atoms with Crippen LogP contribution in [0.15, 0.2) is 54.7 Å². The maximum atomic E-state index is 5.93. The van der Waals surface area contributed by atoms with Gasteiger partial charge in [-0.05, 0) is 48.2 Å². The lowest BCUT2D eigenvalue weighted by atomic mass is 10.1. The molecule has 0 bridgehead atoms. The Morgan fingerprint density at radius 3 is 2.72 bits per heavy atom. The van der Waals surface area contributed by atoms with Gasteiger partial charge in [0.15, 0.2) is 11.5 Å². The van der Waals surface area contributed by atoms with E-state index in [9.17, 15) is 0 Å². The summed E-state index contributed by atoms with van der Waals surface area (Å²) in [5.41, 5.74) is 3.52. The molecule has 1 saturated heterocycles. The molecule has 1 aliphatic rings. The van der Waals surface area contributed by atoms with E-state index >= 15 is 0 Å². The van der Waals surface area contributed by atoms with Gasteiger partial charge < -0.3 is 14.2 Å². The summed E-state index contributed by atoms with van der Waals surface area (Å²) in [5.74, 6) is 1.51. The van der Waals surface area contributed by atoms with Crippen molar-refractivity contribution in [3.8, 4) is 11.5 Å². The minimum absolute atomic E-state index is 0.295. The first-order chi connectivity index (χ1) is 14.3. The standard InChI is InChI=1S/C24H28N2O3/c1-27-23-11-10-18(14-24(23)28-2)15-26(17-20-7-5-13-29-20)16-19-6-3-9-22-21(19)8-4-12-25-22/h3-4,6,8-12,14,20H,5,7,13,15-17H2,1-2H3/t20-/m0/s1. The first-order valence-electron chi connectivity index (χ1n) is 10.1. The average molecular weight is 392 g/mol. The first-order valence-corrected chi connectivity index (χ1v) is 10.1. The second-order valence-electron chi connectivity index (χ2n) is 7.48. The Kier molecular flexibility index (Phi) is 6.27. The molecule has 0 spiro atoms. The van der Waals surface area contributed by atoms with Crippen LogP contribution in [-0.2, 0) is 17.8 Å². The Hall–Kier alpha value is -2.63. The third-order valence-corrected chi connectivity index (χ3v) is 5.47. The van der Waals surface area contributed by atoms with Crippen molar-refractivity contribution >= 4 is 10.9 Å². The predicted octanol–water partition coefficient (Wildman–Crippen LogP) is 4.43. The minimum atomic E-state index is 0.295. The molecule has 1 aliphatic heterocycles. The van der Waals surface area contributed by atoms with Gasteiger partial charge in [-0.3, -0.25) is 9.88 Å². The lowest BCUT2D eigenvalue weighted by Crippen LogP contribution is -2.31. The monoisotopic (exact) mass is 392 g/mol. The molecule has 1 atom stereocenters. The lowest BCUT2D eigenvalue weighted by Gasteiger charge is -2.26. The van der Waals surface area contributed by atoms with Gasteiger partial charge in [-0.25, -0.2) is 0 Å². The van der Waals surface area contributed by atoms with Crippen molar-refractivity contribution in [3.05, 3.63) is 65.9 Å². The van der Waals surface area contributed by atoms with Gasteiger partial charge >= 0.3 is 0 Å². The van der Waals surface area contributed by atoms with E-state index in [4.69, 9.17) is 14.2 Å². The number of rotatable bonds is 8. The van der Waals surface area contributed by atoms with Crippen molar-refractivity contribution in [2.75, 3.05) is 27.4 Å². The third-order valence-electron chi connectivity index (χ3n) is 5.47. The second-order valence-corrected chi connectivity index (χ2v) is 7.48. The van der Waals surface area contributed by atoms with Crippen LogP contribution in [0.1, 0.15) is 24.0 Å². The smallest absolute Gasteiger partial charge is 0.161 e. The van der Waals surface area contributed by atoms with Gasteiger partial charge in [0.2, 0.25) is 0 Å². The minimum Gasteiger partial charge on any atom is -0.493 e. The van der Waals surface area contributed by atoms with E-state index in [-0.39, 0.29) is 0 Å². The highest BCUT2D eigenvalue weighted by Crippen LogP contribution is 2.29. The number of aromatic nitrogens is 1. The van der Waals surface area contributed by atoms with Crippen LogP contribution in [-0.4, -0.2) is 43.4 Å². The van der Waals surface area contributed by atoms with Crippen LogP contribution < -0.4 is 9.47 Å². The van der Waals surface area contributed by atoms with Crippen LogP contribution in [0.25, 0.3) is 10.9 Å². The first kappa shape index (κ1) is 19.7. The van der Waals surface area contributed by atoms with E-state index in [0.29, 0.717) is 6.10 Å². The number of methoxy groups -OCH3 is 2. The van der Waals surface area contributed by atoms with E-state index in [1.807, 2.05) is 18.3 Å². The Balaban J connectivity index is 1.59. The summed E-state index contributed by atoms with van der Waals surface area (Å²) in [6, 6.07) is 16.6. The molecule has 1 aromatic heterocycles. The maximum absolute atomic E-state index is 5.93. The number of hydrogen-bond acceptors (Lipinski definition) is 5. The molecule has 5 heteroatoms. The predicted molar refractivity (Wildman–Crippen MR) is 114 cm³/mol. The van der Waals surface area contributed by atoms with Crippen LogP contribution in [0.3, 0.4) is 0 Å². The fourth-order valence-electron chi connectivity index (χ4n) is 4.04. The van der Waals surface area contributed by atoms with Gasteiger partial charge in [0.25, 0.3) is 0 Å². The van der Waals surface area contributed by atoms with Gasteiger partial charge in [-0.1, -0.05) is 24.3 Å². The van der Waals surface area contributed by atoms with E-state index in [1.165, 1.54) is 16.5 Å². The molecule has 1 fully saturated rings. The second kappa shape index (κ2) is 9.25. The molecule has 0 amide bonds. The summed E-state index contributed by atoms with van der Waals surface area (Å²) in [5, 5.41) is 1.21. The molecule has 0 radical (unpaired) electrons. The molecule has 0 N–H and O–H groups in total. The molecule has 4 rings (SSSR count). The molecule has 2 heterocycles. The molecule has 5 nitrogen and oxygen atoms in total. The van der Waals surface area contributed by atoms with Crippen LogP contribution >= 0.6 is 0 Å². The number of benzene rings is 2. The number of hydrogen-bond donors (Lipinski definition) is 0. The van der Waals surface area contributed by atoms with Crippen molar-refractivity contribution in [2.45, 2.75) is 32.0 Å². The molecule has 0 aliphatic carbocycles. The number of nitrogens with zero attached hydrogens (tertiary/aromatic N) is 2. The van der Waals surface area contributed by atoms with Gasteiger partial charge in [-0.15, -0.1) is 0 Å². The summed E-state index contributed by atoms with van der Waals surface area (Å²) in [4.78, 5) is 6.96. The zero-order valence-corrected chi connectivity index (χ0v) is 17.1. The van der Waals surface area contributed by atoms with Crippen molar-refractivity contribution in [1.82, 2.24) is 9.88 Å². The Morgan fingerprint density at radius 2 is 1.93 bits per heavy atom. The van der Waals surface area contributed by atoms with E-state index in [0.717, 1.165) is 56.1 Å². The van der Waals surface area contributed by atoms with Crippen LogP contribution in [0.4, 0.5) is 0 Å². The molecular weight excluding hydrogens is 364 g/mol. The Labute approximate surface area is 172 Å². The average Bonchev–Trinajstić information content (AvgIpc) is 3.27. The molecule has 3 aromatic rings. The SMILES string of the molecule is COc1ccc(CN(Cc2cccc3ncccc23)C[C@@H]2CCCO2)cc1OC. The number of pyridine rings is 1. The van der Waals surface area contributed by atoms with E-state index in [2.05, 4.69) is 46.3 Å². The fourth-order valence-corrected chi connectivity index (χ4v) is 4.04. The van der Waals surface area contributed by atoms with Gasteiger partial charge in [-0.2, -0.15) is 0 Å². The number of fused-ring (bicyclic) bond motifs is 1. The summed E-state index contributed by atoms with van der Waals surface area (Å²) in [6.07, 6.45) is 4.41. The third kappa shape index (κ3) is 4.69. The maximum Gasteiger partial charge on any atom is 0.161 e. The Morgan fingerprint density at radius 1 is 1.03 bits per heavy atom. The quantitative estimate of drug-likeness (QED) is 0.567. The molecular formula is C24H28N2O3. The highest BCUT2D eigenvalue weighted by molar-refractivity contribution is 5.81. The van der Waals surface area contributed by atoms with Gasteiger partial charge in [0.05, 0.1) is 25.8 Å². The lowest BCUT2D eigenvalue weighted by molar-refractivity contribution is 0.0680. The highest BCUT2D eigenvalue weighted by Gasteiger charge is 2.20. The van der Waals surface area contributed by atoms with Crippen molar-refractivity contribution in [1.29, 1.82) is 0 Å². The van der Waals surface area contributed by atoms with E-state index in [1.54, 1.807) is 14.2 Å². The summed E-state index contributed by atoms with van der Waals surface area (Å²) in [7, 11) is 3.34. The van der Waals surface area contributed by atoms with Crippen molar-refractivity contribution < 1.29 is 14.2 Å². The summed E-state index contributed by atoms with van der Waals surface area (Å²) >= 11 is 0. The van der Waals surface area contributed by atoms with Gasteiger partial charge in [0.1, 0.15) is 0 Å². The highest BCUT2D eigenvalue weighted by atomic mass is 16.5. The molecule has 152 valence electrons. The number of ether oxygens (including phenoxy) is 3. The van der Waals surface area contributed by atoms with Crippen molar-refractivity contribution in [3.63, 3.8) is 0 Å². The van der Waals surface area contributed by atoms with E-state index < -0.39 is 0 Å². The molecule has 0 saturated carbocycles. The van der Waals surface area contributed by atoms with Crippen LogP contribution in [0.5, 0.6) is 11.5 Å². The summed E-state index contributed by atoms with van der Waals surface area (Å²) < 4.78 is 16.8. The zero-order valence-electron chi connectivity index (χ0n) is 17.1. The topological polar surface area (TPSA) is 43.8 Å². The largest absolute Gasteiger partial charge is 0.493 e. The molecule has 29 heavy (non-hydrogen) atoms. The Bertz CT molecular complexity index is 949. The van der Waals surface area contributed by atoms with Crippen molar-refractivity contribution in [2.24, 2.45) is 0 Å². The zero-order chi connectivity index (χ0) is 20.1. The normalized spacial score (nSPS) is 16.4. The fraction of sp³-hybridized carbons (Fsp3) is 0.375. The van der Waals surface area contributed by atoms with Crippen LogP contribution in [0.2, 0.25) is 0 Å². The van der Waals surface area contributed by atoms with Crippen LogP contribution in [0, 0.1) is 0 Å². The summed E-state index contributed by atoms with van der Waals surface area (Å²) in [6.45, 7) is 3.44.